The van der Waals surface area contributed by atoms with E-state index in [9.17, 15) is 4.79 Å². The molecule has 2 N–H and O–H groups in total. The van der Waals surface area contributed by atoms with Gasteiger partial charge in [-0.2, -0.15) is 5.10 Å². The second-order valence-corrected chi connectivity index (χ2v) is 8.05. The number of nitrogens with one attached hydrogen (secondary N) is 2. The molecule has 3 heterocycles. The minimum Gasteiger partial charge on any atom is -0.354 e. The van der Waals surface area contributed by atoms with Gasteiger partial charge in [0.1, 0.15) is 6.04 Å². The summed E-state index contributed by atoms with van der Waals surface area (Å²) in [6.07, 6.45) is 5.83. The van der Waals surface area contributed by atoms with Crippen molar-refractivity contribution in [3.63, 3.8) is 0 Å². The molecule has 1 fully saturated rings. The molecule has 3 rings (SSSR count). The van der Waals surface area contributed by atoms with Crippen molar-refractivity contribution in [1.29, 1.82) is 0 Å². The molecule has 1 unspecified atom stereocenters. The van der Waals surface area contributed by atoms with Crippen molar-refractivity contribution < 1.29 is 4.79 Å². The van der Waals surface area contributed by atoms with E-state index in [-0.39, 0.29) is 36.8 Å². The number of rotatable bonds is 7. The van der Waals surface area contributed by atoms with Crippen molar-refractivity contribution in [2.45, 2.75) is 32.4 Å². The quantitative estimate of drug-likeness (QED) is 0.679. The van der Waals surface area contributed by atoms with Gasteiger partial charge >= 0.3 is 0 Å². The Balaban J connectivity index is 0.00000196. The maximum absolute atomic E-state index is 12.5. The average molecular weight is 449 g/mol. The van der Waals surface area contributed by atoms with Crippen LogP contribution in [0, 0.1) is 12.8 Å². The van der Waals surface area contributed by atoms with Crippen LogP contribution in [-0.2, 0) is 18.4 Å². The Morgan fingerprint density at radius 2 is 2.07 bits per heavy atom. The first-order chi connectivity index (χ1) is 12.5. The van der Waals surface area contributed by atoms with Gasteiger partial charge in [-0.15, -0.1) is 36.2 Å². The number of hydrogen-bond donors (Lipinski definition) is 2. The van der Waals surface area contributed by atoms with E-state index in [1.165, 1.54) is 5.69 Å². The molecule has 0 aromatic carbocycles. The van der Waals surface area contributed by atoms with Crippen molar-refractivity contribution in [3.05, 3.63) is 34.0 Å². The van der Waals surface area contributed by atoms with Crippen LogP contribution in [0.25, 0.3) is 0 Å². The van der Waals surface area contributed by atoms with Crippen molar-refractivity contribution in [1.82, 2.24) is 30.3 Å². The van der Waals surface area contributed by atoms with Crippen LogP contribution in [0.3, 0.4) is 0 Å². The van der Waals surface area contributed by atoms with E-state index in [0.717, 1.165) is 49.6 Å². The molecule has 2 aromatic rings. The Morgan fingerprint density at radius 1 is 1.36 bits per heavy atom. The molecule has 0 saturated carbocycles. The summed E-state index contributed by atoms with van der Waals surface area (Å²) in [4.78, 5) is 19.5. The second kappa shape index (κ2) is 11.7. The second-order valence-electron chi connectivity index (χ2n) is 6.99. The van der Waals surface area contributed by atoms with Crippen LogP contribution < -0.4 is 10.6 Å². The Bertz CT molecular complexity index is 729. The highest BCUT2D eigenvalue weighted by Crippen LogP contribution is 2.20. The average Bonchev–Trinajstić information content (AvgIpc) is 3.23. The standard InChI is InChI=1S/C18H28N6OS.2ClH/c1-13-22-16(12-26-13)11-24-6-4-14(5-7-24)8-20-18(25)17(19-2)15-9-21-23(3)10-15;;/h9-10,12,14,17,19H,4-8,11H2,1-3H3,(H,20,25);2*1H. The number of piperidine rings is 1. The van der Waals surface area contributed by atoms with Gasteiger partial charge in [0, 0.05) is 37.3 Å². The van der Waals surface area contributed by atoms with Crippen LogP contribution in [0.1, 0.15) is 35.1 Å². The number of halogens is 2. The van der Waals surface area contributed by atoms with Crippen molar-refractivity contribution in [3.8, 4) is 0 Å². The van der Waals surface area contributed by atoms with Gasteiger partial charge in [0.15, 0.2) is 0 Å². The van der Waals surface area contributed by atoms with Crippen LogP contribution in [0.15, 0.2) is 17.8 Å². The number of aromatic nitrogens is 3. The number of carbonyl (C=O) groups excluding carboxylic acids is 1. The Kier molecular flexibility index (Phi) is 10.4. The van der Waals surface area contributed by atoms with Crippen LogP contribution in [0.2, 0.25) is 0 Å². The summed E-state index contributed by atoms with van der Waals surface area (Å²) in [7, 11) is 3.66. The third-order valence-electron chi connectivity index (χ3n) is 4.93. The van der Waals surface area contributed by atoms with Crippen LogP contribution in [0.4, 0.5) is 0 Å². The van der Waals surface area contributed by atoms with Crippen LogP contribution in [-0.4, -0.2) is 52.3 Å². The Hall–Kier alpha value is -1.19. The molecule has 158 valence electrons. The third kappa shape index (κ3) is 6.70. The summed E-state index contributed by atoms with van der Waals surface area (Å²) in [5.74, 6) is 0.555. The number of carbonyl (C=O) groups is 1. The zero-order valence-corrected chi connectivity index (χ0v) is 19.0. The summed E-state index contributed by atoms with van der Waals surface area (Å²) in [6, 6.07) is -0.350. The molecule has 2 aromatic heterocycles. The molecule has 1 saturated heterocycles. The maximum Gasteiger partial charge on any atom is 0.241 e. The van der Waals surface area contributed by atoms with E-state index in [1.807, 2.05) is 20.2 Å². The highest BCUT2D eigenvalue weighted by Gasteiger charge is 2.23. The number of nitrogens with zero attached hydrogens (tertiary/aromatic N) is 4. The molecule has 10 heteroatoms. The minimum absolute atomic E-state index is 0. The smallest absolute Gasteiger partial charge is 0.241 e. The molecule has 0 bridgehead atoms. The monoisotopic (exact) mass is 448 g/mol. The highest BCUT2D eigenvalue weighted by atomic mass is 35.5. The highest BCUT2D eigenvalue weighted by molar-refractivity contribution is 7.09. The summed E-state index contributed by atoms with van der Waals surface area (Å²) < 4.78 is 1.71. The molecular formula is C18H30Cl2N6OS. The number of aryl methyl sites for hydroxylation is 2. The zero-order valence-electron chi connectivity index (χ0n) is 16.6. The van der Waals surface area contributed by atoms with E-state index >= 15 is 0 Å². The van der Waals surface area contributed by atoms with Gasteiger partial charge in [-0.3, -0.25) is 14.4 Å². The largest absolute Gasteiger partial charge is 0.354 e. The first kappa shape index (κ1) is 24.8. The summed E-state index contributed by atoms with van der Waals surface area (Å²) in [6.45, 7) is 5.85. The SMILES string of the molecule is CNC(C(=O)NCC1CCN(Cc2csc(C)n2)CC1)c1cnn(C)c1.Cl.Cl. The van der Waals surface area contributed by atoms with Gasteiger partial charge in [0.25, 0.3) is 0 Å². The number of likely N-dealkylation sites (tertiary alicyclic amines) is 1. The predicted octanol–water partition coefficient (Wildman–Crippen LogP) is 2.32. The molecule has 1 atom stereocenters. The van der Waals surface area contributed by atoms with Gasteiger partial charge in [-0.05, 0) is 45.8 Å². The summed E-state index contributed by atoms with van der Waals surface area (Å²) in [5.41, 5.74) is 2.06. The van der Waals surface area contributed by atoms with E-state index in [4.69, 9.17) is 0 Å². The first-order valence-corrected chi connectivity index (χ1v) is 10.00. The molecular weight excluding hydrogens is 419 g/mol. The summed E-state index contributed by atoms with van der Waals surface area (Å²) in [5, 5.41) is 13.6. The number of amides is 1. The Morgan fingerprint density at radius 3 is 2.61 bits per heavy atom. The lowest BCUT2D eigenvalue weighted by Crippen LogP contribution is -2.41. The zero-order chi connectivity index (χ0) is 18.5. The molecule has 1 amide bonds. The van der Waals surface area contributed by atoms with Gasteiger partial charge in [0.05, 0.1) is 16.9 Å². The van der Waals surface area contributed by atoms with Crippen LogP contribution in [0.5, 0.6) is 0 Å². The fourth-order valence-corrected chi connectivity index (χ4v) is 4.05. The Labute approximate surface area is 183 Å². The van der Waals surface area contributed by atoms with Gasteiger partial charge in [-0.1, -0.05) is 0 Å². The van der Waals surface area contributed by atoms with Crippen molar-refractivity contribution in [2.75, 3.05) is 26.7 Å². The lowest BCUT2D eigenvalue weighted by Gasteiger charge is -2.31. The lowest BCUT2D eigenvalue weighted by atomic mass is 9.96. The topological polar surface area (TPSA) is 75.1 Å². The number of thiazole rings is 1. The van der Waals surface area contributed by atoms with Gasteiger partial charge in [0.2, 0.25) is 5.91 Å². The summed E-state index contributed by atoms with van der Waals surface area (Å²) >= 11 is 1.71. The molecule has 0 aliphatic carbocycles. The van der Waals surface area contributed by atoms with Crippen LogP contribution >= 0.6 is 36.2 Å². The lowest BCUT2D eigenvalue weighted by molar-refractivity contribution is -0.123. The number of likely N-dealkylation sites (N-methyl/N-ethyl adjacent to an activating group) is 1. The van der Waals surface area contributed by atoms with E-state index in [2.05, 4.69) is 31.0 Å². The molecule has 0 spiro atoms. The van der Waals surface area contributed by atoms with Gasteiger partial charge < -0.3 is 10.6 Å². The van der Waals surface area contributed by atoms with Crippen molar-refractivity contribution in [2.24, 2.45) is 13.0 Å². The van der Waals surface area contributed by atoms with E-state index < -0.39 is 0 Å². The predicted molar refractivity (Wildman–Crippen MR) is 117 cm³/mol. The molecule has 0 radical (unpaired) electrons. The maximum atomic E-state index is 12.5. The third-order valence-corrected chi connectivity index (χ3v) is 5.76. The minimum atomic E-state index is -0.350. The molecule has 1 aliphatic rings. The fraction of sp³-hybridized carbons (Fsp3) is 0.611. The first-order valence-electron chi connectivity index (χ1n) is 9.12. The van der Waals surface area contributed by atoms with E-state index in [1.54, 1.807) is 29.3 Å². The molecule has 1 aliphatic heterocycles. The van der Waals surface area contributed by atoms with Gasteiger partial charge in [-0.25, -0.2) is 4.98 Å². The molecule has 28 heavy (non-hydrogen) atoms. The fourth-order valence-electron chi connectivity index (χ4n) is 3.44. The van der Waals surface area contributed by atoms with E-state index in [0.29, 0.717) is 5.92 Å². The molecule has 7 nitrogen and oxygen atoms in total. The normalized spacial score (nSPS) is 16.1. The number of hydrogen-bond acceptors (Lipinski definition) is 6. The van der Waals surface area contributed by atoms with Crippen molar-refractivity contribution >= 4 is 42.1 Å².